The molecule has 1 aliphatic heterocycles. The van der Waals surface area contributed by atoms with Crippen molar-refractivity contribution >= 4 is 18.3 Å². The zero-order valence-electron chi connectivity index (χ0n) is 12.1. The molecule has 0 aromatic heterocycles. The fourth-order valence-corrected chi connectivity index (χ4v) is 3.36. The van der Waals surface area contributed by atoms with Gasteiger partial charge in [0.05, 0.1) is 0 Å². The maximum atomic E-state index is 11.9. The Hall–Kier alpha value is -0.280. The van der Waals surface area contributed by atoms with Crippen LogP contribution < -0.4 is 10.6 Å². The van der Waals surface area contributed by atoms with Crippen LogP contribution in [0.3, 0.4) is 0 Å². The number of carbonyl (C=O) groups excluding carboxylic acids is 1. The zero-order valence-corrected chi connectivity index (χ0v) is 12.9. The van der Waals surface area contributed by atoms with Gasteiger partial charge in [0.1, 0.15) is 0 Å². The number of rotatable bonds is 4. The molecule has 0 spiro atoms. The van der Waals surface area contributed by atoms with E-state index in [9.17, 15) is 4.79 Å². The van der Waals surface area contributed by atoms with Crippen LogP contribution in [-0.4, -0.2) is 25.5 Å². The molecule has 1 heterocycles. The van der Waals surface area contributed by atoms with E-state index in [1.807, 2.05) is 0 Å². The summed E-state index contributed by atoms with van der Waals surface area (Å²) >= 11 is 0. The largest absolute Gasteiger partial charge is 0.356 e. The number of carbonyl (C=O) groups is 1. The highest BCUT2D eigenvalue weighted by molar-refractivity contribution is 5.85. The molecule has 112 valence electrons. The van der Waals surface area contributed by atoms with Crippen molar-refractivity contribution in [2.45, 2.75) is 51.9 Å². The van der Waals surface area contributed by atoms with Gasteiger partial charge in [-0.15, -0.1) is 12.4 Å². The highest BCUT2D eigenvalue weighted by Crippen LogP contribution is 2.28. The smallest absolute Gasteiger partial charge is 0.220 e. The van der Waals surface area contributed by atoms with Gasteiger partial charge in [-0.25, -0.2) is 0 Å². The summed E-state index contributed by atoms with van der Waals surface area (Å²) in [6, 6.07) is 0. The topological polar surface area (TPSA) is 41.1 Å². The molecule has 19 heavy (non-hydrogen) atoms. The fourth-order valence-electron chi connectivity index (χ4n) is 3.36. The first-order valence-electron chi connectivity index (χ1n) is 7.73. The normalized spacial score (nSPS) is 28.5. The van der Waals surface area contributed by atoms with Gasteiger partial charge >= 0.3 is 0 Å². The van der Waals surface area contributed by atoms with E-state index in [0.717, 1.165) is 50.7 Å². The molecule has 0 radical (unpaired) electrons. The lowest BCUT2D eigenvalue weighted by Gasteiger charge is -2.29. The molecule has 1 saturated heterocycles. The lowest BCUT2D eigenvalue weighted by Crippen LogP contribution is -2.36. The third kappa shape index (κ3) is 5.70. The van der Waals surface area contributed by atoms with Gasteiger partial charge in [-0.05, 0) is 50.1 Å². The molecule has 0 aromatic carbocycles. The van der Waals surface area contributed by atoms with Crippen molar-refractivity contribution in [3.63, 3.8) is 0 Å². The molecule has 2 N–H and O–H groups in total. The number of hydrogen-bond donors (Lipinski definition) is 2. The van der Waals surface area contributed by atoms with Gasteiger partial charge < -0.3 is 10.6 Å². The summed E-state index contributed by atoms with van der Waals surface area (Å²) in [7, 11) is 0. The predicted molar refractivity (Wildman–Crippen MR) is 81.6 cm³/mol. The quantitative estimate of drug-likeness (QED) is 0.835. The molecule has 2 aliphatic rings. The minimum Gasteiger partial charge on any atom is -0.356 e. The highest BCUT2D eigenvalue weighted by atomic mass is 35.5. The summed E-state index contributed by atoms with van der Waals surface area (Å²) in [4.78, 5) is 11.9. The highest BCUT2D eigenvalue weighted by Gasteiger charge is 2.22. The summed E-state index contributed by atoms with van der Waals surface area (Å²) in [5.74, 6) is 2.39. The molecule has 1 saturated carbocycles. The SMILES string of the molecule is CC1CCCCC1CNC(=O)CC1CCNCC1.Cl. The molecule has 2 unspecified atom stereocenters. The maximum Gasteiger partial charge on any atom is 0.220 e. The first kappa shape index (κ1) is 16.8. The molecular formula is C15H29ClN2O. The lowest BCUT2D eigenvalue weighted by atomic mass is 9.80. The van der Waals surface area contributed by atoms with E-state index in [2.05, 4.69) is 17.6 Å². The van der Waals surface area contributed by atoms with E-state index in [-0.39, 0.29) is 18.3 Å². The van der Waals surface area contributed by atoms with Crippen LogP contribution in [0.2, 0.25) is 0 Å². The number of nitrogens with one attached hydrogen (secondary N) is 2. The summed E-state index contributed by atoms with van der Waals surface area (Å²) in [5.41, 5.74) is 0. The van der Waals surface area contributed by atoms with Crippen LogP contribution in [0.15, 0.2) is 0 Å². The second-order valence-electron chi connectivity index (χ2n) is 6.22. The Morgan fingerprint density at radius 2 is 1.84 bits per heavy atom. The van der Waals surface area contributed by atoms with Crippen molar-refractivity contribution in [3.05, 3.63) is 0 Å². The molecule has 4 heteroatoms. The summed E-state index contributed by atoms with van der Waals surface area (Å²) in [5, 5.41) is 6.52. The van der Waals surface area contributed by atoms with Crippen LogP contribution in [0.25, 0.3) is 0 Å². The predicted octanol–water partition coefficient (Wildman–Crippen LogP) is 2.74. The van der Waals surface area contributed by atoms with Gasteiger partial charge in [0.25, 0.3) is 0 Å². The summed E-state index contributed by atoms with van der Waals surface area (Å²) in [6.07, 6.45) is 8.42. The van der Waals surface area contributed by atoms with Crippen LogP contribution in [0.5, 0.6) is 0 Å². The van der Waals surface area contributed by atoms with Crippen LogP contribution in [0.1, 0.15) is 51.9 Å². The van der Waals surface area contributed by atoms with Gasteiger partial charge in [0.15, 0.2) is 0 Å². The van der Waals surface area contributed by atoms with Crippen molar-refractivity contribution in [1.82, 2.24) is 10.6 Å². The minimum atomic E-state index is 0. The molecule has 1 amide bonds. The van der Waals surface area contributed by atoms with Crippen molar-refractivity contribution in [1.29, 1.82) is 0 Å². The monoisotopic (exact) mass is 288 g/mol. The Morgan fingerprint density at radius 3 is 2.53 bits per heavy atom. The minimum absolute atomic E-state index is 0. The second-order valence-corrected chi connectivity index (χ2v) is 6.22. The Morgan fingerprint density at radius 1 is 1.16 bits per heavy atom. The van der Waals surface area contributed by atoms with E-state index in [0.29, 0.717) is 5.92 Å². The molecule has 2 fully saturated rings. The molecule has 0 aromatic rings. The summed E-state index contributed by atoms with van der Waals surface area (Å²) < 4.78 is 0. The second kappa shape index (κ2) is 8.80. The van der Waals surface area contributed by atoms with Crippen molar-refractivity contribution in [2.24, 2.45) is 17.8 Å². The Kier molecular flexibility index (Phi) is 7.77. The average molecular weight is 289 g/mol. The number of amides is 1. The zero-order chi connectivity index (χ0) is 12.8. The molecule has 1 aliphatic carbocycles. The average Bonchev–Trinajstić information content (AvgIpc) is 2.39. The van der Waals surface area contributed by atoms with E-state index >= 15 is 0 Å². The standard InChI is InChI=1S/C15H28N2O.ClH/c1-12-4-2-3-5-14(12)11-17-15(18)10-13-6-8-16-9-7-13;/h12-14,16H,2-11H2,1H3,(H,17,18);1H. The molecule has 2 atom stereocenters. The molecular weight excluding hydrogens is 260 g/mol. The third-order valence-corrected chi connectivity index (χ3v) is 4.78. The lowest BCUT2D eigenvalue weighted by molar-refractivity contribution is -0.122. The van der Waals surface area contributed by atoms with Crippen LogP contribution in [0, 0.1) is 17.8 Å². The van der Waals surface area contributed by atoms with Crippen molar-refractivity contribution < 1.29 is 4.79 Å². The Balaban J connectivity index is 0.00000180. The fraction of sp³-hybridized carbons (Fsp3) is 0.933. The van der Waals surface area contributed by atoms with Crippen LogP contribution >= 0.6 is 12.4 Å². The molecule has 0 bridgehead atoms. The van der Waals surface area contributed by atoms with E-state index < -0.39 is 0 Å². The van der Waals surface area contributed by atoms with Gasteiger partial charge in [-0.1, -0.05) is 26.2 Å². The van der Waals surface area contributed by atoms with Crippen LogP contribution in [-0.2, 0) is 4.79 Å². The molecule has 2 rings (SSSR count). The van der Waals surface area contributed by atoms with Gasteiger partial charge in [0.2, 0.25) is 5.91 Å². The van der Waals surface area contributed by atoms with E-state index in [1.54, 1.807) is 0 Å². The number of halogens is 1. The van der Waals surface area contributed by atoms with Gasteiger partial charge in [-0.2, -0.15) is 0 Å². The van der Waals surface area contributed by atoms with E-state index in [4.69, 9.17) is 0 Å². The summed E-state index contributed by atoms with van der Waals surface area (Å²) in [6.45, 7) is 5.41. The van der Waals surface area contributed by atoms with E-state index in [1.165, 1.54) is 25.7 Å². The number of piperidine rings is 1. The van der Waals surface area contributed by atoms with Crippen LogP contribution in [0.4, 0.5) is 0 Å². The van der Waals surface area contributed by atoms with Gasteiger partial charge in [-0.3, -0.25) is 4.79 Å². The van der Waals surface area contributed by atoms with Crippen molar-refractivity contribution in [3.8, 4) is 0 Å². The third-order valence-electron chi connectivity index (χ3n) is 4.78. The maximum absolute atomic E-state index is 11.9. The Labute approximate surface area is 123 Å². The Bertz CT molecular complexity index is 267. The van der Waals surface area contributed by atoms with Gasteiger partial charge in [0, 0.05) is 13.0 Å². The first-order chi connectivity index (χ1) is 8.75. The number of hydrogen-bond acceptors (Lipinski definition) is 2. The van der Waals surface area contributed by atoms with Crippen molar-refractivity contribution in [2.75, 3.05) is 19.6 Å². The molecule has 3 nitrogen and oxygen atoms in total. The first-order valence-corrected chi connectivity index (χ1v) is 7.73.